The summed E-state index contributed by atoms with van der Waals surface area (Å²) < 4.78 is 10.5. The lowest BCUT2D eigenvalue weighted by atomic mass is 9.61. The number of allylic oxidation sites excluding steroid dienone is 2. The predicted octanol–water partition coefficient (Wildman–Crippen LogP) is 4.39. The van der Waals surface area contributed by atoms with E-state index >= 15 is 0 Å². The number of primary amides is 1. The summed E-state index contributed by atoms with van der Waals surface area (Å²) in [6.07, 6.45) is 0.430. The van der Waals surface area contributed by atoms with Gasteiger partial charge in [-0.1, -0.05) is 24.0 Å². The number of methoxy groups -OCH3 is 2. The van der Waals surface area contributed by atoms with Crippen LogP contribution in [0.2, 0.25) is 0 Å². The first-order valence-corrected chi connectivity index (χ1v) is 14.1. The van der Waals surface area contributed by atoms with E-state index in [9.17, 15) is 29.7 Å². The van der Waals surface area contributed by atoms with E-state index in [4.69, 9.17) is 15.2 Å². The van der Waals surface area contributed by atoms with E-state index in [1.165, 1.54) is 0 Å². The average molecular weight is 592 g/mol. The molecule has 0 saturated heterocycles. The maximum absolute atomic E-state index is 13.9. The Bertz CT molecular complexity index is 1860. The van der Waals surface area contributed by atoms with Crippen LogP contribution in [0.1, 0.15) is 35.1 Å². The maximum atomic E-state index is 13.9. The van der Waals surface area contributed by atoms with Gasteiger partial charge in [0.25, 0.3) is 5.91 Å². The minimum absolute atomic E-state index is 0.0414. The summed E-state index contributed by atoms with van der Waals surface area (Å²) in [5, 5.41) is 34.1. The molecule has 0 aliphatic heterocycles. The highest BCUT2D eigenvalue weighted by Crippen LogP contribution is 2.52. The number of phenolic OH excluding ortho intramolecular Hbond substituents is 1. The molecule has 44 heavy (non-hydrogen) atoms. The number of aliphatic hydroxyl groups is 2. The van der Waals surface area contributed by atoms with Gasteiger partial charge in [0.1, 0.15) is 34.3 Å². The predicted molar refractivity (Wildman–Crippen MR) is 161 cm³/mol. The Kier molecular flexibility index (Phi) is 7.14. The summed E-state index contributed by atoms with van der Waals surface area (Å²) in [5.74, 6) is 1.80. The summed E-state index contributed by atoms with van der Waals surface area (Å²) in [5.41, 5.74) is 7.75. The molecule has 222 valence electrons. The molecule has 1 saturated carbocycles. The van der Waals surface area contributed by atoms with Crippen molar-refractivity contribution in [3.8, 4) is 40.2 Å². The summed E-state index contributed by atoms with van der Waals surface area (Å²) in [6, 6.07) is 16.0. The smallest absolute Gasteiger partial charge is 0.255 e. The molecule has 3 unspecified atom stereocenters. The third-order valence-electron chi connectivity index (χ3n) is 8.72. The number of ether oxygens (including phenoxy) is 2. The minimum atomic E-state index is -1.19. The number of aliphatic hydroxyl groups excluding tert-OH is 2. The van der Waals surface area contributed by atoms with Crippen molar-refractivity contribution in [1.82, 2.24) is 0 Å². The molecule has 0 bridgehead atoms. The van der Waals surface area contributed by atoms with E-state index in [2.05, 4.69) is 11.8 Å². The Labute approximate surface area is 253 Å². The fourth-order valence-electron chi connectivity index (χ4n) is 6.62. The lowest BCUT2D eigenvalue weighted by molar-refractivity contribution is -0.127. The number of fused-ring (bicyclic) bond motifs is 3. The SMILES string of the molecule is COc1ccc(C#Cc2cc(-c3ccc(OC)cc3)c(O)c3c2CC2CC4CC(=O)C(C(N)=O)=C(O)C4C(=O)C2=C3O)cc1. The zero-order valence-corrected chi connectivity index (χ0v) is 24.0. The molecule has 0 radical (unpaired) electrons. The molecule has 3 aliphatic carbocycles. The molecule has 3 atom stereocenters. The van der Waals surface area contributed by atoms with Crippen molar-refractivity contribution in [2.75, 3.05) is 14.2 Å². The van der Waals surface area contributed by atoms with Crippen LogP contribution in [-0.4, -0.2) is 47.0 Å². The summed E-state index contributed by atoms with van der Waals surface area (Å²) in [7, 11) is 3.13. The Balaban J connectivity index is 1.53. The van der Waals surface area contributed by atoms with Crippen LogP contribution >= 0.6 is 0 Å². The van der Waals surface area contributed by atoms with Crippen LogP contribution in [-0.2, 0) is 20.8 Å². The van der Waals surface area contributed by atoms with Crippen molar-refractivity contribution in [2.45, 2.75) is 19.3 Å². The summed E-state index contributed by atoms with van der Waals surface area (Å²) in [6.45, 7) is 0. The van der Waals surface area contributed by atoms with E-state index in [0.717, 1.165) is 5.56 Å². The fraction of sp³-hybridized carbons (Fsp3) is 0.229. The van der Waals surface area contributed by atoms with Crippen LogP contribution in [0, 0.1) is 29.6 Å². The van der Waals surface area contributed by atoms with Crippen molar-refractivity contribution >= 4 is 23.2 Å². The lowest BCUT2D eigenvalue weighted by Gasteiger charge is -2.41. The molecule has 9 nitrogen and oxygen atoms in total. The number of hydrogen-bond donors (Lipinski definition) is 4. The molecule has 0 spiro atoms. The standard InChI is InChI=1S/C35H29NO8/c1-43-22-9-4-17(5-10-22)3-6-19-14-25(18-7-11-23(44-2)12-8-18)31(38)29-24(19)15-20-13-21-16-26(37)30(35(36)42)34(41)28(21)32(39)27(20)33(29)40/h4-5,7-12,14,20-21,28,38,40-41H,13,15-16H2,1-2H3,(H2,36,42). The maximum Gasteiger partial charge on any atom is 0.255 e. The minimum Gasteiger partial charge on any atom is -0.511 e. The molecule has 3 aromatic rings. The zero-order chi connectivity index (χ0) is 31.3. The van der Waals surface area contributed by atoms with Crippen molar-refractivity contribution in [1.29, 1.82) is 0 Å². The second kappa shape index (κ2) is 11.0. The van der Waals surface area contributed by atoms with Crippen molar-refractivity contribution in [2.24, 2.45) is 23.5 Å². The Morgan fingerprint density at radius 1 is 0.909 bits per heavy atom. The van der Waals surface area contributed by atoms with Gasteiger partial charge in [-0.3, -0.25) is 14.4 Å². The number of nitrogens with two attached hydrogens (primary N) is 1. The molecular weight excluding hydrogens is 562 g/mol. The number of carbonyl (C=O) groups excluding carboxylic acids is 3. The van der Waals surface area contributed by atoms with Gasteiger partial charge in [0.05, 0.1) is 25.7 Å². The van der Waals surface area contributed by atoms with Crippen LogP contribution in [0.25, 0.3) is 16.9 Å². The number of aromatic hydroxyl groups is 1. The highest BCUT2D eigenvalue weighted by atomic mass is 16.5. The topological polar surface area (TPSA) is 156 Å². The van der Waals surface area contributed by atoms with E-state index in [-0.39, 0.29) is 29.7 Å². The van der Waals surface area contributed by atoms with E-state index < -0.39 is 52.3 Å². The number of benzene rings is 3. The number of Topliss-reactive ketones (excluding diaryl/α,β-unsaturated/α-hetero) is 2. The fourth-order valence-corrected chi connectivity index (χ4v) is 6.62. The van der Waals surface area contributed by atoms with E-state index in [1.807, 2.05) is 12.1 Å². The quantitative estimate of drug-likeness (QED) is 0.257. The molecule has 0 heterocycles. The van der Waals surface area contributed by atoms with Gasteiger partial charge in [-0.2, -0.15) is 0 Å². The van der Waals surface area contributed by atoms with Gasteiger partial charge in [-0.05, 0) is 78.3 Å². The van der Waals surface area contributed by atoms with Crippen LogP contribution in [0.5, 0.6) is 17.2 Å². The van der Waals surface area contributed by atoms with Crippen LogP contribution in [0.15, 0.2) is 71.5 Å². The largest absolute Gasteiger partial charge is 0.511 e. The van der Waals surface area contributed by atoms with Gasteiger partial charge in [-0.15, -0.1) is 0 Å². The molecule has 3 aromatic carbocycles. The number of rotatable bonds is 4. The first kappa shape index (κ1) is 28.6. The van der Waals surface area contributed by atoms with Gasteiger partial charge in [0.2, 0.25) is 0 Å². The highest BCUT2D eigenvalue weighted by molar-refractivity contribution is 6.21. The van der Waals surface area contributed by atoms with Gasteiger partial charge in [0, 0.05) is 28.7 Å². The molecule has 0 aromatic heterocycles. The van der Waals surface area contributed by atoms with Crippen molar-refractivity contribution in [3.05, 3.63) is 93.8 Å². The van der Waals surface area contributed by atoms with Crippen LogP contribution in [0.4, 0.5) is 0 Å². The lowest BCUT2D eigenvalue weighted by Crippen LogP contribution is -2.44. The highest BCUT2D eigenvalue weighted by Gasteiger charge is 2.51. The third kappa shape index (κ3) is 4.65. The second-order valence-electron chi connectivity index (χ2n) is 11.1. The third-order valence-corrected chi connectivity index (χ3v) is 8.72. The number of hydrogen-bond acceptors (Lipinski definition) is 8. The molecular formula is C35H29NO8. The van der Waals surface area contributed by atoms with Crippen LogP contribution < -0.4 is 15.2 Å². The van der Waals surface area contributed by atoms with Crippen molar-refractivity contribution < 1.29 is 39.2 Å². The summed E-state index contributed by atoms with van der Waals surface area (Å²) >= 11 is 0. The van der Waals surface area contributed by atoms with E-state index in [0.29, 0.717) is 40.2 Å². The summed E-state index contributed by atoms with van der Waals surface area (Å²) in [4.78, 5) is 38.4. The number of amides is 1. The van der Waals surface area contributed by atoms with Crippen molar-refractivity contribution in [3.63, 3.8) is 0 Å². The van der Waals surface area contributed by atoms with Gasteiger partial charge >= 0.3 is 0 Å². The molecule has 1 amide bonds. The van der Waals surface area contributed by atoms with E-state index in [1.54, 1.807) is 56.7 Å². The second-order valence-corrected chi connectivity index (χ2v) is 11.1. The molecule has 5 N–H and O–H groups in total. The molecule has 1 fully saturated rings. The number of carbonyl (C=O) groups is 3. The van der Waals surface area contributed by atoms with Gasteiger partial charge in [0.15, 0.2) is 11.6 Å². The van der Waals surface area contributed by atoms with Crippen LogP contribution in [0.3, 0.4) is 0 Å². The zero-order valence-electron chi connectivity index (χ0n) is 24.0. The Morgan fingerprint density at radius 2 is 1.55 bits per heavy atom. The number of ketones is 2. The normalized spacial score (nSPS) is 20.6. The molecule has 9 heteroatoms. The van der Waals surface area contributed by atoms with Gasteiger partial charge < -0.3 is 30.5 Å². The van der Waals surface area contributed by atoms with Gasteiger partial charge in [-0.25, -0.2) is 0 Å². The Morgan fingerprint density at radius 3 is 2.16 bits per heavy atom. The monoisotopic (exact) mass is 591 g/mol. The molecule has 3 aliphatic rings. The molecule has 6 rings (SSSR count). The number of phenols is 1. The first-order valence-electron chi connectivity index (χ1n) is 14.1. The first-order chi connectivity index (χ1) is 21.1. The average Bonchev–Trinajstić information content (AvgIpc) is 3.00. The Hall–Kier alpha value is -5.49.